The summed E-state index contributed by atoms with van der Waals surface area (Å²) < 4.78 is 5.57. The van der Waals surface area contributed by atoms with Crippen LogP contribution in [-0.2, 0) is 4.79 Å². The van der Waals surface area contributed by atoms with Crippen LogP contribution in [0.2, 0.25) is 0 Å². The van der Waals surface area contributed by atoms with Gasteiger partial charge >= 0.3 is 5.97 Å². The van der Waals surface area contributed by atoms with Crippen molar-refractivity contribution in [3.63, 3.8) is 0 Å². The summed E-state index contributed by atoms with van der Waals surface area (Å²) in [6, 6.07) is 6.49. The first kappa shape index (κ1) is 14.5. The maximum Gasteiger partial charge on any atom is 0.326 e. The van der Waals surface area contributed by atoms with Crippen LogP contribution in [0.5, 0.6) is 5.75 Å². The predicted octanol–water partition coefficient (Wildman–Crippen LogP) is 2.68. The van der Waals surface area contributed by atoms with Gasteiger partial charge in [0.15, 0.2) is 0 Å². The highest BCUT2D eigenvalue weighted by Crippen LogP contribution is 2.28. The van der Waals surface area contributed by atoms with Gasteiger partial charge in [-0.3, -0.25) is 4.79 Å². The van der Waals surface area contributed by atoms with Crippen molar-refractivity contribution >= 4 is 17.3 Å². The minimum atomic E-state index is -1.08. The van der Waals surface area contributed by atoms with E-state index in [0.717, 1.165) is 22.7 Å². The van der Waals surface area contributed by atoms with Crippen LogP contribution in [0, 0.1) is 0 Å². The minimum absolute atomic E-state index is 0.373. The summed E-state index contributed by atoms with van der Waals surface area (Å²) in [7, 11) is 0. The molecule has 1 aromatic heterocycles. The van der Waals surface area contributed by atoms with Gasteiger partial charge in [0.2, 0.25) is 0 Å². The molecule has 0 aliphatic carbocycles. The molecule has 0 saturated heterocycles. The first-order valence-corrected chi connectivity index (χ1v) is 7.17. The Morgan fingerprint density at radius 1 is 1.55 bits per heavy atom. The Hall–Kier alpha value is -1.92. The monoisotopic (exact) mass is 292 g/mol. The zero-order chi connectivity index (χ0) is 14.5. The molecule has 0 saturated carbocycles. The van der Waals surface area contributed by atoms with Gasteiger partial charge in [-0.2, -0.15) is 0 Å². The summed E-state index contributed by atoms with van der Waals surface area (Å²) in [5, 5.41) is 11.3. The second-order valence-corrected chi connectivity index (χ2v) is 5.13. The van der Waals surface area contributed by atoms with E-state index in [9.17, 15) is 4.79 Å². The molecule has 0 aliphatic rings. The zero-order valence-electron chi connectivity index (χ0n) is 11.1. The molecular formula is C14H16N2O3S. The van der Waals surface area contributed by atoms with Gasteiger partial charge in [-0.25, -0.2) is 4.98 Å². The summed E-state index contributed by atoms with van der Waals surface area (Å²) in [6.07, 6.45) is 0.944. The number of aliphatic carboxylic acids is 1. The van der Waals surface area contributed by atoms with E-state index >= 15 is 0 Å². The standard InChI is InChI=1S/C14H16N2O3S/c1-2-6-19-10-5-3-4-9(7-10)13-16-11(8-20-13)12(15)14(17)18/h3-5,7-8,12H,2,6,15H2,1H3,(H,17,18). The number of carboxylic acids is 1. The molecule has 3 N–H and O–H groups in total. The van der Waals surface area contributed by atoms with Crippen molar-refractivity contribution in [2.24, 2.45) is 5.73 Å². The van der Waals surface area contributed by atoms with Crippen LogP contribution in [0.15, 0.2) is 29.6 Å². The number of benzene rings is 1. The fraction of sp³-hybridized carbons (Fsp3) is 0.286. The van der Waals surface area contributed by atoms with E-state index in [-0.39, 0.29) is 0 Å². The average Bonchev–Trinajstić information content (AvgIpc) is 2.94. The summed E-state index contributed by atoms with van der Waals surface area (Å²) in [5.74, 6) is -0.300. The summed E-state index contributed by atoms with van der Waals surface area (Å²) in [6.45, 7) is 2.71. The first-order chi connectivity index (χ1) is 9.61. The topological polar surface area (TPSA) is 85.4 Å². The number of hydrogen-bond acceptors (Lipinski definition) is 5. The smallest absolute Gasteiger partial charge is 0.326 e. The maximum absolute atomic E-state index is 10.8. The Kier molecular flexibility index (Phi) is 4.70. The molecule has 0 radical (unpaired) electrons. The van der Waals surface area contributed by atoms with Crippen LogP contribution >= 0.6 is 11.3 Å². The molecule has 1 aromatic carbocycles. The summed E-state index contributed by atoms with van der Waals surface area (Å²) in [4.78, 5) is 15.1. The highest BCUT2D eigenvalue weighted by molar-refractivity contribution is 7.13. The van der Waals surface area contributed by atoms with Crippen molar-refractivity contribution in [2.75, 3.05) is 6.61 Å². The Morgan fingerprint density at radius 2 is 2.35 bits per heavy atom. The molecule has 106 valence electrons. The van der Waals surface area contributed by atoms with Crippen molar-refractivity contribution in [3.8, 4) is 16.3 Å². The van der Waals surface area contributed by atoms with E-state index < -0.39 is 12.0 Å². The van der Waals surface area contributed by atoms with E-state index in [1.807, 2.05) is 31.2 Å². The number of thiazole rings is 1. The SMILES string of the molecule is CCCOc1cccc(-c2nc(C(N)C(=O)O)cs2)c1. The molecule has 2 rings (SSSR count). The lowest BCUT2D eigenvalue weighted by atomic mass is 10.2. The summed E-state index contributed by atoms with van der Waals surface area (Å²) in [5.41, 5.74) is 6.81. The van der Waals surface area contributed by atoms with Crippen molar-refractivity contribution in [1.82, 2.24) is 4.98 Å². The van der Waals surface area contributed by atoms with Gasteiger partial charge in [-0.1, -0.05) is 19.1 Å². The zero-order valence-corrected chi connectivity index (χ0v) is 11.9. The molecule has 0 fully saturated rings. The molecule has 20 heavy (non-hydrogen) atoms. The quantitative estimate of drug-likeness (QED) is 0.855. The number of nitrogens with two attached hydrogens (primary N) is 1. The molecule has 1 atom stereocenters. The van der Waals surface area contributed by atoms with Crippen molar-refractivity contribution < 1.29 is 14.6 Å². The van der Waals surface area contributed by atoms with Gasteiger partial charge in [0.1, 0.15) is 16.8 Å². The largest absolute Gasteiger partial charge is 0.494 e. The fourth-order valence-corrected chi connectivity index (χ4v) is 2.48. The van der Waals surface area contributed by atoms with E-state index in [0.29, 0.717) is 12.3 Å². The number of ether oxygens (including phenoxy) is 1. The van der Waals surface area contributed by atoms with Crippen LogP contribution < -0.4 is 10.5 Å². The van der Waals surface area contributed by atoms with Crippen LogP contribution in [0.3, 0.4) is 0 Å². The normalized spacial score (nSPS) is 12.1. The molecule has 0 bridgehead atoms. The van der Waals surface area contributed by atoms with Gasteiger partial charge in [0.25, 0.3) is 0 Å². The first-order valence-electron chi connectivity index (χ1n) is 6.29. The van der Waals surface area contributed by atoms with Crippen molar-refractivity contribution in [1.29, 1.82) is 0 Å². The Labute approximate surface area is 121 Å². The average molecular weight is 292 g/mol. The molecule has 0 aliphatic heterocycles. The van der Waals surface area contributed by atoms with Crippen LogP contribution in [0.4, 0.5) is 0 Å². The minimum Gasteiger partial charge on any atom is -0.494 e. The lowest BCUT2D eigenvalue weighted by molar-refractivity contribution is -0.138. The van der Waals surface area contributed by atoms with Crippen molar-refractivity contribution in [2.45, 2.75) is 19.4 Å². The van der Waals surface area contributed by atoms with Gasteiger partial charge in [-0.05, 0) is 18.6 Å². The number of nitrogens with zero attached hydrogens (tertiary/aromatic N) is 1. The van der Waals surface area contributed by atoms with Gasteiger partial charge < -0.3 is 15.6 Å². The van der Waals surface area contributed by atoms with Gasteiger partial charge in [-0.15, -0.1) is 11.3 Å². The molecule has 6 heteroatoms. The molecule has 0 amide bonds. The molecule has 1 heterocycles. The predicted molar refractivity (Wildman–Crippen MR) is 77.9 cm³/mol. The highest BCUT2D eigenvalue weighted by atomic mass is 32.1. The molecule has 1 unspecified atom stereocenters. The Bertz CT molecular complexity index is 598. The highest BCUT2D eigenvalue weighted by Gasteiger charge is 2.18. The van der Waals surface area contributed by atoms with E-state index in [4.69, 9.17) is 15.6 Å². The number of hydrogen-bond donors (Lipinski definition) is 2. The van der Waals surface area contributed by atoms with E-state index in [2.05, 4.69) is 4.98 Å². The van der Waals surface area contributed by atoms with Gasteiger partial charge in [0.05, 0.1) is 12.3 Å². The maximum atomic E-state index is 10.8. The second kappa shape index (κ2) is 6.49. The van der Waals surface area contributed by atoms with E-state index in [1.165, 1.54) is 11.3 Å². The Morgan fingerprint density at radius 3 is 3.05 bits per heavy atom. The lowest BCUT2D eigenvalue weighted by Crippen LogP contribution is -2.20. The second-order valence-electron chi connectivity index (χ2n) is 4.27. The fourth-order valence-electron chi connectivity index (χ4n) is 1.63. The third-order valence-electron chi connectivity index (χ3n) is 2.66. The number of carboxylic acid groups (broad SMARTS) is 1. The van der Waals surface area contributed by atoms with Crippen molar-refractivity contribution in [3.05, 3.63) is 35.3 Å². The Balaban J connectivity index is 2.21. The van der Waals surface area contributed by atoms with Crippen LogP contribution in [-0.4, -0.2) is 22.7 Å². The van der Waals surface area contributed by atoms with Gasteiger partial charge in [0, 0.05) is 10.9 Å². The molecular weight excluding hydrogens is 276 g/mol. The molecule has 5 nitrogen and oxygen atoms in total. The van der Waals surface area contributed by atoms with Crippen LogP contribution in [0.25, 0.3) is 10.6 Å². The summed E-state index contributed by atoms with van der Waals surface area (Å²) >= 11 is 1.37. The molecule has 0 spiro atoms. The van der Waals surface area contributed by atoms with Crippen LogP contribution in [0.1, 0.15) is 25.1 Å². The third kappa shape index (κ3) is 3.34. The lowest BCUT2D eigenvalue weighted by Gasteiger charge is -2.05. The molecule has 2 aromatic rings. The third-order valence-corrected chi connectivity index (χ3v) is 3.57. The van der Waals surface area contributed by atoms with E-state index in [1.54, 1.807) is 5.38 Å². The number of aromatic nitrogens is 1. The number of rotatable bonds is 6. The number of carbonyl (C=O) groups is 1.